The van der Waals surface area contributed by atoms with Crippen LogP contribution in [0.4, 0.5) is 0 Å². The van der Waals surface area contributed by atoms with Crippen LogP contribution in [0.2, 0.25) is 0 Å². The standard InChI is InChI=1S/C16H20BrNS/c1-4-8-18-15(16-12(3)7-9-19-16)14-10-13(17)6-5-11(14)2/h5-7,9-10,15,18H,4,8H2,1-3H3. The Kier molecular flexibility index (Phi) is 5.20. The fraction of sp³-hybridized carbons (Fsp3) is 0.375. The lowest BCUT2D eigenvalue weighted by atomic mass is 9.98. The van der Waals surface area contributed by atoms with Gasteiger partial charge in [-0.15, -0.1) is 11.3 Å². The summed E-state index contributed by atoms with van der Waals surface area (Å²) in [7, 11) is 0. The highest BCUT2D eigenvalue weighted by molar-refractivity contribution is 9.10. The van der Waals surface area contributed by atoms with E-state index in [1.54, 1.807) is 0 Å². The molecule has 0 radical (unpaired) electrons. The molecule has 0 amide bonds. The highest BCUT2D eigenvalue weighted by Crippen LogP contribution is 2.32. The van der Waals surface area contributed by atoms with Crippen molar-refractivity contribution in [2.24, 2.45) is 0 Å². The van der Waals surface area contributed by atoms with Crippen LogP contribution in [0, 0.1) is 13.8 Å². The zero-order chi connectivity index (χ0) is 13.8. The number of rotatable bonds is 5. The van der Waals surface area contributed by atoms with Crippen molar-refractivity contribution in [2.45, 2.75) is 33.2 Å². The van der Waals surface area contributed by atoms with Crippen molar-refractivity contribution in [1.29, 1.82) is 0 Å². The molecule has 0 saturated carbocycles. The Morgan fingerprint density at radius 1 is 1.21 bits per heavy atom. The zero-order valence-electron chi connectivity index (χ0n) is 11.7. The third-order valence-electron chi connectivity index (χ3n) is 3.31. The Hall–Kier alpha value is -0.640. The molecule has 1 N–H and O–H groups in total. The maximum Gasteiger partial charge on any atom is 0.0676 e. The molecule has 19 heavy (non-hydrogen) atoms. The molecule has 0 bridgehead atoms. The minimum Gasteiger partial charge on any atom is -0.306 e. The van der Waals surface area contributed by atoms with Crippen molar-refractivity contribution in [2.75, 3.05) is 6.54 Å². The van der Waals surface area contributed by atoms with Crippen molar-refractivity contribution in [3.05, 3.63) is 55.7 Å². The number of nitrogens with one attached hydrogen (secondary N) is 1. The lowest BCUT2D eigenvalue weighted by Crippen LogP contribution is -2.23. The van der Waals surface area contributed by atoms with E-state index in [1.165, 1.54) is 21.6 Å². The van der Waals surface area contributed by atoms with E-state index in [9.17, 15) is 0 Å². The van der Waals surface area contributed by atoms with Crippen LogP contribution in [0.3, 0.4) is 0 Å². The minimum absolute atomic E-state index is 0.303. The monoisotopic (exact) mass is 337 g/mol. The average Bonchev–Trinajstić information content (AvgIpc) is 2.80. The number of hydrogen-bond donors (Lipinski definition) is 1. The van der Waals surface area contributed by atoms with Crippen LogP contribution in [-0.4, -0.2) is 6.54 Å². The van der Waals surface area contributed by atoms with Gasteiger partial charge in [0.1, 0.15) is 0 Å². The molecule has 1 atom stereocenters. The van der Waals surface area contributed by atoms with Gasteiger partial charge in [-0.25, -0.2) is 0 Å². The first-order valence-electron chi connectivity index (χ1n) is 6.67. The Bertz CT molecular complexity index is 547. The summed E-state index contributed by atoms with van der Waals surface area (Å²) < 4.78 is 1.14. The predicted octanol–water partition coefficient (Wildman–Crippen LogP) is 5.22. The van der Waals surface area contributed by atoms with E-state index in [0.29, 0.717) is 6.04 Å². The molecule has 0 aliphatic rings. The fourth-order valence-corrected chi connectivity index (χ4v) is 3.63. The summed E-state index contributed by atoms with van der Waals surface area (Å²) in [5.74, 6) is 0. The summed E-state index contributed by atoms with van der Waals surface area (Å²) in [6.07, 6.45) is 1.15. The molecule has 1 nitrogen and oxygen atoms in total. The van der Waals surface area contributed by atoms with Crippen molar-refractivity contribution in [3.63, 3.8) is 0 Å². The van der Waals surface area contributed by atoms with Crippen LogP contribution in [0.15, 0.2) is 34.1 Å². The van der Waals surface area contributed by atoms with Gasteiger partial charge in [0.15, 0.2) is 0 Å². The molecule has 0 spiro atoms. The molecule has 0 fully saturated rings. The van der Waals surface area contributed by atoms with Gasteiger partial charge in [-0.1, -0.05) is 28.9 Å². The van der Waals surface area contributed by atoms with Gasteiger partial charge >= 0.3 is 0 Å². The molecule has 1 aromatic carbocycles. The van der Waals surface area contributed by atoms with Gasteiger partial charge in [0.05, 0.1) is 6.04 Å². The van der Waals surface area contributed by atoms with Gasteiger partial charge in [0.2, 0.25) is 0 Å². The van der Waals surface area contributed by atoms with E-state index in [-0.39, 0.29) is 0 Å². The molecule has 0 saturated heterocycles. The summed E-state index contributed by atoms with van der Waals surface area (Å²) >= 11 is 5.43. The van der Waals surface area contributed by atoms with Gasteiger partial charge < -0.3 is 5.32 Å². The van der Waals surface area contributed by atoms with Crippen LogP contribution in [0.25, 0.3) is 0 Å². The van der Waals surface area contributed by atoms with Crippen molar-refractivity contribution >= 4 is 27.3 Å². The van der Waals surface area contributed by atoms with Gasteiger partial charge in [0.25, 0.3) is 0 Å². The Labute approximate surface area is 128 Å². The van der Waals surface area contributed by atoms with Crippen LogP contribution < -0.4 is 5.32 Å². The topological polar surface area (TPSA) is 12.0 Å². The lowest BCUT2D eigenvalue weighted by molar-refractivity contribution is 0.601. The number of halogens is 1. The quantitative estimate of drug-likeness (QED) is 0.788. The van der Waals surface area contributed by atoms with Crippen molar-refractivity contribution in [1.82, 2.24) is 5.32 Å². The lowest BCUT2D eigenvalue weighted by Gasteiger charge is -2.21. The molecule has 2 aromatic rings. The van der Waals surface area contributed by atoms with Gasteiger partial charge in [0, 0.05) is 9.35 Å². The first-order valence-corrected chi connectivity index (χ1v) is 8.34. The summed E-state index contributed by atoms with van der Waals surface area (Å²) in [5, 5.41) is 5.87. The SMILES string of the molecule is CCCNC(c1cc(Br)ccc1C)c1sccc1C. The van der Waals surface area contributed by atoms with E-state index in [1.807, 2.05) is 11.3 Å². The smallest absolute Gasteiger partial charge is 0.0676 e. The first-order chi connectivity index (χ1) is 9.13. The second kappa shape index (κ2) is 6.69. The van der Waals surface area contributed by atoms with E-state index < -0.39 is 0 Å². The van der Waals surface area contributed by atoms with Crippen LogP contribution >= 0.6 is 27.3 Å². The van der Waals surface area contributed by atoms with E-state index in [2.05, 4.69) is 71.7 Å². The van der Waals surface area contributed by atoms with Gasteiger partial charge in [-0.2, -0.15) is 0 Å². The van der Waals surface area contributed by atoms with Gasteiger partial charge in [-0.05, 0) is 67.1 Å². The largest absolute Gasteiger partial charge is 0.306 e. The maximum absolute atomic E-state index is 3.69. The predicted molar refractivity (Wildman–Crippen MR) is 88.1 cm³/mol. The second-order valence-corrected chi connectivity index (χ2v) is 6.72. The summed E-state index contributed by atoms with van der Waals surface area (Å²) in [5.41, 5.74) is 4.08. The molecule has 102 valence electrons. The molecular weight excluding hydrogens is 318 g/mol. The Balaban J connectivity index is 2.42. The Morgan fingerprint density at radius 3 is 2.63 bits per heavy atom. The van der Waals surface area contributed by atoms with E-state index >= 15 is 0 Å². The maximum atomic E-state index is 3.69. The minimum atomic E-state index is 0.303. The van der Waals surface area contributed by atoms with Crippen molar-refractivity contribution in [3.8, 4) is 0 Å². The number of aryl methyl sites for hydroxylation is 2. The fourth-order valence-electron chi connectivity index (χ4n) is 2.24. The molecule has 1 heterocycles. The molecule has 1 aromatic heterocycles. The van der Waals surface area contributed by atoms with E-state index in [0.717, 1.165) is 17.4 Å². The summed E-state index contributed by atoms with van der Waals surface area (Å²) in [4.78, 5) is 1.43. The van der Waals surface area contributed by atoms with Crippen molar-refractivity contribution < 1.29 is 0 Å². The Morgan fingerprint density at radius 2 is 2.00 bits per heavy atom. The number of thiophene rings is 1. The number of benzene rings is 1. The zero-order valence-corrected chi connectivity index (χ0v) is 14.1. The molecule has 1 unspecified atom stereocenters. The van der Waals surface area contributed by atoms with E-state index in [4.69, 9.17) is 0 Å². The first kappa shape index (κ1) is 14.8. The van der Waals surface area contributed by atoms with Crippen LogP contribution in [0.5, 0.6) is 0 Å². The highest BCUT2D eigenvalue weighted by Gasteiger charge is 2.18. The van der Waals surface area contributed by atoms with Crippen LogP contribution in [0.1, 0.15) is 41.0 Å². The third kappa shape index (κ3) is 3.47. The molecule has 3 heteroatoms. The van der Waals surface area contributed by atoms with Crippen LogP contribution in [-0.2, 0) is 0 Å². The molecule has 0 aliphatic heterocycles. The summed E-state index contributed by atoms with van der Waals surface area (Å²) in [6, 6.07) is 9.04. The normalized spacial score (nSPS) is 12.6. The summed E-state index contributed by atoms with van der Waals surface area (Å²) in [6.45, 7) is 7.62. The second-order valence-electron chi connectivity index (χ2n) is 4.86. The molecule has 2 rings (SSSR count). The molecule has 0 aliphatic carbocycles. The number of hydrogen-bond acceptors (Lipinski definition) is 2. The van der Waals surface area contributed by atoms with Gasteiger partial charge in [-0.3, -0.25) is 0 Å². The molecular formula is C16H20BrNS. The average molecular weight is 338 g/mol. The highest BCUT2D eigenvalue weighted by atomic mass is 79.9. The third-order valence-corrected chi connectivity index (χ3v) is 4.89.